The molecule has 128 valence electrons. The Labute approximate surface area is 142 Å². The number of hydrogen-bond donors (Lipinski definition) is 2. The van der Waals surface area contributed by atoms with Crippen molar-refractivity contribution in [3.05, 3.63) is 16.1 Å². The SMILES string of the molecule is CCNC(=NCc1csc(C(C)C)n1)NC1CCC(=O)N(C)C1. The molecule has 2 heterocycles. The number of aromatic nitrogens is 1. The van der Waals surface area contributed by atoms with E-state index in [0.29, 0.717) is 18.9 Å². The van der Waals surface area contributed by atoms with Gasteiger partial charge in [-0.05, 0) is 13.3 Å². The molecule has 1 saturated heterocycles. The van der Waals surface area contributed by atoms with E-state index >= 15 is 0 Å². The van der Waals surface area contributed by atoms with E-state index in [9.17, 15) is 4.79 Å². The highest BCUT2D eigenvalue weighted by atomic mass is 32.1. The molecule has 2 rings (SSSR count). The highest BCUT2D eigenvalue weighted by molar-refractivity contribution is 7.09. The molecule has 0 saturated carbocycles. The van der Waals surface area contributed by atoms with Crippen molar-refractivity contribution in [3.63, 3.8) is 0 Å². The second-order valence-electron chi connectivity index (χ2n) is 6.18. The summed E-state index contributed by atoms with van der Waals surface area (Å²) in [5, 5.41) is 9.93. The van der Waals surface area contributed by atoms with Crippen molar-refractivity contribution >= 4 is 23.2 Å². The Morgan fingerprint density at radius 3 is 2.96 bits per heavy atom. The van der Waals surface area contributed by atoms with Gasteiger partial charge in [-0.3, -0.25) is 4.79 Å². The minimum absolute atomic E-state index is 0.216. The van der Waals surface area contributed by atoms with Gasteiger partial charge in [0.25, 0.3) is 0 Å². The number of likely N-dealkylation sites (N-methyl/N-ethyl adjacent to an activating group) is 1. The van der Waals surface area contributed by atoms with Crippen molar-refractivity contribution in [1.82, 2.24) is 20.5 Å². The number of nitrogens with zero attached hydrogens (tertiary/aromatic N) is 3. The molecule has 1 aliphatic heterocycles. The van der Waals surface area contributed by atoms with Crippen molar-refractivity contribution in [2.45, 2.75) is 52.1 Å². The van der Waals surface area contributed by atoms with Gasteiger partial charge in [0.05, 0.1) is 17.2 Å². The fourth-order valence-corrected chi connectivity index (χ4v) is 3.29. The lowest BCUT2D eigenvalue weighted by atomic mass is 10.1. The van der Waals surface area contributed by atoms with Crippen LogP contribution in [0.4, 0.5) is 0 Å². The number of carbonyl (C=O) groups is 1. The zero-order valence-corrected chi connectivity index (χ0v) is 15.2. The monoisotopic (exact) mass is 337 g/mol. The van der Waals surface area contributed by atoms with E-state index in [1.165, 1.54) is 0 Å². The van der Waals surface area contributed by atoms with Crippen LogP contribution < -0.4 is 10.6 Å². The lowest BCUT2D eigenvalue weighted by Gasteiger charge is -2.31. The fraction of sp³-hybridized carbons (Fsp3) is 0.688. The van der Waals surface area contributed by atoms with Crippen LogP contribution in [0.3, 0.4) is 0 Å². The van der Waals surface area contributed by atoms with Crippen LogP contribution in [0, 0.1) is 0 Å². The number of guanidine groups is 1. The summed E-state index contributed by atoms with van der Waals surface area (Å²) in [4.78, 5) is 22.6. The number of aliphatic imine (C=N–C) groups is 1. The summed E-state index contributed by atoms with van der Waals surface area (Å²) in [5.41, 5.74) is 1.01. The van der Waals surface area contributed by atoms with Crippen molar-refractivity contribution in [3.8, 4) is 0 Å². The number of nitrogens with one attached hydrogen (secondary N) is 2. The van der Waals surface area contributed by atoms with Gasteiger partial charge in [-0.15, -0.1) is 11.3 Å². The summed E-state index contributed by atoms with van der Waals surface area (Å²) in [5.74, 6) is 1.47. The Bertz CT molecular complexity index is 554. The molecular weight excluding hydrogens is 310 g/mol. The standard InChI is InChI=1S/C16H27N5OS/c1-5-17-16(20-12-6-7-14(22)21(4)9-12)18-8-13-10-23-15(19-13)11(2)3/h10-12H,5-9H2,1-4H3,(H2,17,18,20). The summed E-state index contributed by atoms with van der Waals surface area (Å²) >= 11 is 1.69. The third kappa shape index (κ3) is 5.20. The summed E-state index contributed by atoms with van der Waals surface area (Å²) in [6.45, 7) is 8.45. The van der Waals surface area contributed by atoms with Crippen LogP contribution in [0.5, 0.6) is 0 Å². The first kappa shape index (κ1) is 17.7. The Balaban J connectivity index is 1.95. The zero-order chi connectivity index (χ0) is 16.8. The highest BCUT2D eigenvalue weighted by Gasteiger charge is 2.23. The van der Waals surface area contributed by atoms with Gasteiger partial charge in [-0.1, -0.05) is 13.8 Å². The van der Waals surface area contributed by atoms with Gasteiger partial charge in [0, 0.05) is 43.9 Å². The number of likely N-dealkylation sites (tertiary alicyclic amines) is 1. The smallest absolute Gasteiger partial charge is 0.222 e. The molecule has 2 N–H and O–H groups in total. The number of amides is 1. The molecule has 0 radical (unpaired) electrons. The highest BCUT2D eigenvalue weighted by Crippen LogP contribution is 2.19. The number of carbonyl (C=O) groups excluding carboxylic acids is 1. The zero-order valence-electron chi connectivity index (χ0n) is 14.4. The maximum Gasteiger partial charge on any atom is 0.222 e. The van der Waals surface area contributed by atoms with Gasteiger partial charge in [-0.2, -0.15) is 0 Å². The molecular formula is C16H27N5OS. The molecule has 6 nitrogen and oxygen atoms in total. The van der Waals surface area contributed by atoms with Gasteiger partial charge in [0.15, 0.2) is 5.96 Å². The minimum Gasteiger partial charge on any atom is -0.357 e. The van der Waals surface area contributed by atoms with E-state index < -0.39 is 0 Å². The Morgan fingerprint density at radius 1 is 1.57 bits per heavy atom. The van der Waals surface area contributed by atoms with Crippen LogP contribution in [0.15, 0.2) is 10.4 Å². The number of hydrogen-bond acceptors (Lipinski definition) is 4. The lowest BCUT2D eigenvalue weighted by Crippen LogP contribution is -2.51. The Hall–Kier alpha value is -1.63. The van der Waals surface area contributed by atoms with Crippen molar-refractivity contribution < 1.29 is 4.79 Å². The molecule has 23 heavy (non-hydrogen) atoms. The van der Waals surface area contributed by atoms with Gasteiger partial charge in [0.2, 0.25) is 5.91 Å². The van der Waals surface area contributed by atoms with Crippen LogP contribution in [-0.2, 0) is 11.3 Å². The van der Waals surface area contributed by atoms with Gasteiger partial charge in [0.1, 0.15) is 0 Å². The molecule has 1 aromatic heterocycles. The largest absolute Gasteiger partial charge is 0.357 e. The van der Waals surface area contributed by atoms with Gasteiger partial charge < -0.3 is 15.5 Å². The second-order valence-corrected chi connectivity index (χ2v) is 7.07. The molecule has 1 atom stereocenters. The van der Waals surface area contributed by atoms with E-state index in [1.54, 1.807) is 16.2 Å². The lowest BCUT2D eigenvalue weighted by molar-refractivity contribution is -0.132. The topological polar surface area (TPSA) is 69.6 Å². The summed E-state index contributed by atoms with van der Waals surface area (Å²) < 4.78 is 0. The van der Waals surface area contributed by atoms with Gasteiger partial charge in [-0.25, -0.2) is 9.98 Å². The molecule has 1 aromatic rings. The second kappa shape index (κ2) is 8.29. The van der Waals surface area contributed by atoms with Crippen LogP contribution in [0.25, 0.3) is 0 Å². The normalized spacial score (nSPS) is 19.3. The number of rotatable bonds is 5. The van der Waals surface area contributed by atoms with E-state index in [-0.39, 0.29) is 11.9 Å². The van der Waals surface area contributed by atoms with Crippen LogP contribution in [0.1, 0.15) is 50.2 Å². The molecule has 1 unspecified atom stereocenters. The maximum atomic E-state index is 11.6. The van der Waals surface area contributed by atoms with Crippen LogP contribution in [-0.4, -0.2) is 47.9 Å². The first-order valence-electron chi connectivity index (χ1n) is 8.22. The van der Waals surface area contributed by atoms with Crippen molar-refractivity contribution in [1.29, 1.82) is 0 Å². The molecule has 7 heteroatoms. The van der Waals surface area contributed by atoms with E-state index in [4.69, 9.17) is 0 Å². The molecule has 1 fully saturated rings. The molecule has 0 bridgehead atoms. The summed E-state index contributed by atoms with van der Waals surface area (Å²) in [6.07, 6.45) is 1.44. The minimum atomic E-state index is 0.216. The predicted octanol–water partition coefficient (Wildman–Crippen LogP) is 1.94. The average Bonchev–Trinajstić information content (AvgIpc) is 2.98. The average molecular weight is 337 g/mol. The third-order valence-corrected chi connectivity index (χ3v) is 4.97. The van der Waals surface area contributed by atoms with E-state index in [2.05, 4.69) is 39.8 Å². The van der Waals surface area contributed by atoms with Crippen molar-refractivity contribution in [2.24, 2.45) is 4.99 Å². The van der Waals surface area contributed by atoms with Crippen LogP contribution in [0.2, 0.25) is 0 Å². The van der Waals surface area contributed by atoms with Gasteiger partial charge >= 0.3 is 0 Å². The third-order valence-electron chi connectivity index (χ3n) is 3.77. The first-order chi connectivity index (χ1) is 11.0. The molecule has 0 aromatic carbocycles. The first-order valence-corrected chi connectivity index (χ1v) is 9.10. The van der Waals surface area contributed by atoms with E-state index in [1.807, 2.05) is 14.0 Å². The van der Waals surface area contributed by atoms with E-state index in [0.717, 1.165) is 36.2 Å². The molecule has 1 amide bonds. The number of thiazole rings is 1. The maximum absolute atomic E-state index is 11.6. The fourth-order valence-electron chi connectivity index (χ4n) is 2.46. The molecule has 1 aliphatic rings. The molecule has 0 aliphatic carbocycles. The summed E-state index contributed by atoms with van der Waals surface area (Å²) in [6, 6.07) is 0.247. The number of piperidine rings is 1. The summed E-state index contributed by atoms with van der Waals surface area (Å²) in [7, 11) is 1.85. The quantitative estimate of drug-likeness (QED) is 0.636. The molecule has 0 spiro atoms. The van der Waals surface area contributed by atoms with Crippen LogP contribution >= 0.6 is 11.3 Å². The Morgan fingerprint density at radius 2 is 2.35 bits per heavy atom. The predicted molar refractivity (Wildman–Crippen MR) is 94.8 cm³/mol. The van der Waals surface area contributed by atoms with Crippen molar-refractivity contribution in [2.75, 3.05) is 20.1 Å². The Kier molecular flexibility index (Phi) is 6.38.